The molecule has 0 aliphatic rings. The van der Waals surface area contributed by atoms with Crippen LogP contribution in [0, 0.1) is 0 Å². The van der Waals surface area contributed by atoms with E-state index in [1.165, 1.54) is 12.3 Å². The predicted molar refractivity (Wildman–Crippen MR) is 86.7 cm³/mol. The van der Waals surface area contributed by atoms with Gasteiger partial charge < -0.3 is 10.0 Å². The van der Waals surface area contributed by atoms with Crippen LogP contribution in [0.2, 0.25) is 5.15 Å². The number of rotatable bonds is 5. The summed E-state index contributed by atoms with van der Waals surface area (Å²) in [7, 11) is 0. The Labute approximate surface area is 135 Å². The minimum atomic E-state index is -0.985. The number of carbonyl (C=O) groups is 1. The Hall–Kier alpha value is -1.91. The molecule has 0 unspecified atom stereocenters. The lowest BCUT2D eigenvalue weighted by atomic mass is 10.1. The first kappa shape index (κ1) is 16.5. The zero-order chi connectivity index (χ0) is 16.2. The lowest BCUT2D eigenvalue weighted by molar-refractivity contribution is 0.0280. The summed E-state index contributed by atoms with van der Waals surface area (Å²) in [6, 6.07) is 12.8. The van der Waals surface area contributed by atoms with Gasteiger partial charge in [0.25, 0.3) is 5.91 Å². The van der Waals surface area contributed by atoms with Gasteiger partial charge in [0.2, 0.25) is 0 Å². The number of hydrogen-bond acceptors (Lipinski definition) is 3. The Kier molecular flexibility index (Phi) is 5.16. The summed E-state index contributed by atoms with van der Waals surface area (Å²) in [6.45, 7) is 4.00. The van der Waals surface area contributed by atoms with Gasteiger partial charge in [0, 0.05) is 24.8 Å². The highest BCUT2D eigenvalue weighted by Crippen LogP contribution is 2.16. The maximum atomic E-state index is 12.7. The van der Waals surface area contributed by atoms with Crippen molar-refractivity contribution in [1.82, 2.24) is 9.88 Å². The zero-order valence-electron chi connectivity index (χ0n) is 12.7. The van der Waals surface area contributed by atoms with Crippen molar-refractivity contribution in [1.29, 1.82) is 0 Å². The van der Waals surface area contributed by atoms with E-state index in [0.717, 1.165) is 5.56 Å². The van der Waals surface area contributed by atoms with Crippen molar-refractivity contribution in [2.75, 3.05) is 6.54 Å². The van der Waals surface area contributed by atoms with Crippen molar-refractivity contribution in [3.05, 3.63) is 64.9 Å². The third kappa shape index (κ3) is 4.83. The predicted octanol–water partition coefficient (Wildman–Crippen LogP) is 3.15. The third-order valence-corrected chi connectivity index (χ3v) is 3.26. The van der Waals surface area contributed by atoms with Crippen LogP contribution in [-0.2, 0) is 6.54 Å². The van der Waals surface area contributed by atoms with Crippen LogP contribution in [0.25, 0.3) is 0 Å². The molecule has 0 bridgehead atoms. The van der Waals surface area contributed by atoms with Gasteiger partial charge in [0.05, 0.1) is 5.60 Å². The molecule has 0 atom stereocenters. The first-order valence-electron chi connectivity index (χ1n) is 7.02. The van der Waals surface area contributed by atoms with Crippen molar-refractivity contribution in [2.45, 2.75) is 26.0 Å². The molecule has 22 heavy (non-hydrogen) atoms. The van der Waals surface area contributed by atoms with E-state index in [-0.39, 0.29) is 17.6 Å². The van der Waals surface area contributed by atoms with Crippen LogP contribution in [-0.4, -0.2) is 33.0 Å². The summed E-state index contributed by atoms with van der Waals surface area (Å²) in [5.41, 5.74) is 0.474. The molecule has 4 nitrogen and oxygen atoms in total. The molecule has 0 fully saturated rings. The summed E-state index contributed by atoms with van der Waals surface area (Å²) >= 11 is 5.86. The Morgan fingerprint density at radius 2 is 1.95 bits per heavy atom. The second kappa shape index (κ2) is 6.90. The molecule has 1 amide bonds. The molecule has 116 valence electrons. The van der Waals surface area contributed by atoms with Crippen LogP contribution < -0.4 is 0 Å². The van der Waals surface area contributed by atoms with Crippen LogP contribution in [0.5, 0.6) is 0 Å². The molecule has 1 aromatic carbocycles. The van der Waals surface area contributed by atoms with E-state index in [1.54, 1.807) is 24.8 Å². The number of aromatic nitrogens is 1. The van der Waals surface area contributed by atoms with Gasteiger partial charge in [-0.25, -0.2) is 4.98 Å². The van der Waals surface area contributed by atoms with E-state index in [9.17, 15) is 9.90 Å². The smallest absolute Gasteiger partial charge is 0.254 e. The quantitative estimate of drug-likeness (QED) is 0.862. The molecule has 0 saturated heterocycles. The number of pyridine rings is 1. The highest BCUT2D eigenvalue weighted by Gasteiger charge is 2.23. The fourth-order valence-corrected chi connectivity index (χ4v) is 2.36. The summed E-state index contributed by atoms with van der Waals surface area (Å²) in [5.74, 6) is -0.185. The second-order valence-electron chi connectivity index (χ2n) is 5.83. The lowest BCUT2D eigenvalue weighted by Gasteiger charge is -2.29. The van der Waals surface area contributed by atoms with Crippen molar-refractivity contribution < 1.29 is 9.90 Å². The van der Waals surface area contributed by atoms with Crippen molar-refractivity contribution in [2.24, 2.45) is 0 Å². The summed E-state index contributed by atoms with van der Waals surface area (Å²) in [6.07, 6.45) is 1.50. The number of amides is 1. The lowest BCUT2D eigenvalue weighted by Crippen LogP contribution is -2.41. The first-order valence-corrected chi connectivity index (χ1v) is 7.40. The van der Waals surface area contributed by atoms with Crippen LogP contribution >= 0.6 is 11.6 Å². The van der Waals surface area contributed by atoms with Crippen LogP contribution in [0.4, 0.5) is 0 Å². The van der Waals surface area contributed by atoms with E-state index in [0.29, 0.717) is 12.1 Å². The molecular weight excluding hydrogens is 300 g/mol. The number of hydrogen-bond donors (Lipinski definition) is 1. The van der Waals surface area contributed by atoms with Crippen LogP contribution in [0.3, 0.4) is 0 Å². The minimum absolute atomic E-state index is 0.185. The first-order chi connectivity index (χ1) is 10.3. The maximum Gasteiger partial charge on any atom is 0.254 e. The van der Waals surface area contributed by atoms with E-state index >= 15 is 0 Å². The molecule has 0 radical (unpaired) electrons. The standard InChI is InChI=1S/C17H19ClN2O2/c1-17(2,22)12-20(11-13-6-4-3-5-7-13)16(21)14-8-9-19-15(18)10-14/h3-10,22H,11-12H2,1-2H3. The number of carbonyl (C=O) groups excluding carboxylic acids is 1. The molecule has 2 rings (SSSR count). The minimum Gasteiger partial charge on any atom is -0.389 e. The van der Waals surface area contributed by atoms with Crippen molar-refractivity contribution >= 4 is 17.5 Å². The summed E-state index contributed by atoms with van der Waals surface area (Å²) in [5, 5.41) is 10.4. The molecular formula is C17H19ClN2O2. The summed E-state index contributed by atoms with van der Waals surface area (Å²) in [4.78, 5) is 18.2. The molecule has 2 aromatic rings. The molecule has 1 N–H and O–H groups in total. The van der Waals surface area contributed by atoms with Gasteiger partial charge in [0.1, 0.15) is 5.15 Å². The van der Waals surface area contributed by atoms with E-state index in [1.807, 2.05) is 30.3 Å². The molecule has 0 aliphatic carbocycles. The largest absolute Gasteiger partial charge is 0.389 e. The number of benzene rings is 1. The van der Waals surface area contributed by atoms with Crippen molar-refractivity contribution in [3.63, 3.8) is 0 Å². The van der Waals surface area contributed by atoms with Gasteiger partial charge in [-0.1, -0.05) is 41.9 Å². The average Bonchev–Trinajstić information content (AvgIpc) is 2.45. The van der Waals surface area contributed by atoms with Gasteiger partial charge in [-0.05, 0) is 31.5 Å². The number of halogens is 1. The van der Waals surface area contributed by atoms with Crippen LogP contribution in [0.15, 0.2) is 48.7 Å². The maximum absolute atomic E-state index is 12.7. The van der Waals surface area contributed by atoms with Gasteiger partial charge in [0.15, 0.2) is 0 Å². The molecule has 0 spiro atoms. The fourth-order valence-electron chi connectivity index (χ4n) is 2.19. The van der Waals surface area contributed by atoms with Gasteiger partial charge in [-0.2, -0.15) is 0 Å². The number of nitrogens with zero attached hydrogens (tertiary/aromatic N) is 2. The Morgan fingerprint density at radius 3 is 2.55 bits per heavy atom. The highest BCUT2D eigenvalue weighted by atomic mass is 35.5. The fraction of sp³-hybridized carbons (Fsp3) is 0.294. The highest BCUT2D eigenvalue weighted by molar-refractivity contribution is 6.29. The molecule has 0 saturated carbocycles. The molecule has 5 heteroatoms. The van der Waals surface area contributed by atoms with E-state index < -0.39 is 5.60 Å². The SMILES string of the molecule is CC(C)(O)CN(Cc1ccccc1)C(=O)c1ccnc(Cl)c1. The van der Waals surface area contributed by atoms with Gasteiger partial charge in [-0.3, -0.25) is 4.79 Å². The average molecular weight is 319 g/mol. The van der Waals surface area contributed by atoms with E-state index in [2.05, 4.69) is 4.98 Å². The zero-order valence-corrected chi connectivity index (χ0v) is 13.4. The monoisotopic (exact) mass is 318 g/mol. The molecule has 0 aliphatic heterocycles. The molecule has 1 aromatic heterocycles. The van der Waals surface area contributed by atoms with E-state index in [4.69, 9.17) is 11.6 Å². The summed E-state index contributed by atoms with van der Waals surface area (Å²) < 4.78 is 0. The Morgan fingerprint density at radius 1 is 1.27 bits per heavy atom. The number of aliphatic hydroxyl groups is 1. The Bertz CT molecular complexity index is 639. The normalized spacial score (nSPS) is 11.3. The van der Waals surface area contributed by atoms with Gasteiger partial charge >= 0.3 is 0 Å². The third-order valence-electron chi connectivity index (χ3n) is 3.05. The topological polar surface area (TPSA) is 53.4 Å². The second-order valence-corrected chi connectivity index (χ2v) is 6.21. The van der Waals surface area contributed by atoms with Crippen LogP contribution in [0.1, 0.15) is 29.8 Å². The van der Waals surface area contributed by atoms with Crippen molar-refractivity contribution in [3.8, 4) is 0 Å². The Balaban J connectivity index is 2.25. The molecule has 1 heterocycles. The van der Waals surface area contributed by atoms with Gasteiger partial charge in [-0.15, -0.1) is 0 Å².